The van der Waals surface area contributed by atoms with E-state index in [0.29, 0.717) is 21.7 Å². The monoisotopic (exact) mass is 512 g/mol. The van der Waals surface area contributed by atoms with Crippen LogP contribution in [0.25, 0.3) is 6.08 Å². The standard InChI is InChI=1S/C19H18Br2N2O5/c1-26-16-6-3-12(9-17(16)27-2)4-8-18(24)22-23-19(25)11-28-15-7-5-13(20)10-14(15)21/h3-10H,11H2,1-2H3,(H,22,24)(H,23,25). The zero-order chi connectivity index (χ0) is 20.5. The fourth-order valence-corrected chi connectivity index (χ4v) is 3.23. The highest BCUT2D eigenvalue weighted by Gasteiger charge is 2.07. The second-order valence-corrected chi connectivity index (χ2v) is 7.12. The topological polar surface area (TPSA) is 85.9 Å². The first-order valence-electron chi connectivity index (χ1n) is 7.99. The summed E-state index contributed by atoms with van der Waals surface area (Å²) in [6, 6.07) is 10.5. The van der Waals surface area contributed by atoms with Gasteiger partial charge in [-0.15, -0.1) is 0 Å². The van der Waals surface area contributed by atoms with Crippen molar-refractivity contribution in [3.63, 3.8) is 0 Å². The van der Waals surface area contributed by atoms with Gasteiger partial charge in [-0.05, 0) is 57.9 Å². The Balaban J connectivity index is 1.81. The van der Waals surface area contributed by atoms with E-state index in [1.54, 1.807) is 49.6 Å². The molecule has 0 aliphatic carbocycles. The molecule has 148 valence electrons. The van der Waals surface area contributed by atoms with E-state index < -0.39 is 11.8 Å². The molecule has 2 rings (SSSR count). The van der Waals surface area contributed by atoms with E-state index in [1.165, 1.54) is 13.2 Å². The third kappa shape index (κ3) is 6.58. The third-order valence-electron chi connectivity index (χ3n) is 3.41. The number of hydrogen-bond donors (Lipinski definition) is 2. The van der Waals surface area contributed by atoms with Gasteiger partial charge in [-0.1, -0.05) is 22.0 Å². The Morgan fingerprint density at radius 1 is 0.964 bits per heavy atom. The van der Waals surface area contributed by atoms with Gasteiger partial charge in [0.1, 0.15) is 5.75 Å². The SMILES string of the molecule is COc1ccc(C=CC(=O)NNC(=O)COc2ccc(Br)cc2Br)cc1OC. The van der Waals surface area contributed by atoms with Crippen LogP contribution in [0.1, 0.15) is 5.56 Å². The number of halogens is 2. The van der Waals surface area contributed by atoms with E-state index >= 15 is 0 Å². The van der Waals surface area contributed by atoms with Crippen molar-refractivity contribution in [3.05, 3.63) is 57.0 Å². The van der Waals surface area contributed by atoms with Crippen molar-refractivity contribution >= 4 is 49.8 Å². The molecular weight excluding hydrogens is 496 g/mol. The molecule has 0 heterocycles. The predicted octanol–water partition coefficient (Wildman–Crippen LogP) is 3.47. The van der Waals surface area contributed by atoms with E-state index in [4.69, 9.17) is 14.2 Å². The van der Waals surface area contributed by atoms with Crippen LogP contribution in [-0.2, 0) is 9.59 Å². The normalized spacial score (nSPS) is 10.4. The maximum Gasteiger partial charge on any atom is 0.276 e. The number of benzene rings is 2. The van der Waals surface area contributed by atoms with E-state index in [2.05, 4.69) is 42.7 Å². The highest BCUT2D eigenvalue weighted by molar-refractivity contribution is 9.11. The zero-order valence-corrected chi connectivity index (χ0v) is 18.3. The van der Waals surface area contributed by atoms with Gasteiger partial charge in [-0.2, -0.15) is 0 Å². The minimum atomic E-state index is -0.498. The Morgan fingerprint density at radius 2 is 1.68 bits per heavy atom. The molecule has 0 saturated heterocycles. The molecule has 0 saturated carbocycles. The smallest absolute Gasteiger partial charge is 0.276 e. The van der Waals surface area contributed by atoms with Crippen LogP contribution < -0.4 is 25.1 Å². The number of hydrazine groups is 1. The average Bonchev–Trinajstić information content (AvgIpc) is 2.69. The Labute approximate surface area is 179 Å². The molecule has 0 spiro atoms. The summed E-state index contributed by atoms with van der Waals surface area (Å²) in [5.74, 6) is 0.664. The van der Waals surface area contributed by atoms with Crippen molar-refractivity contribution in [1.82, 2.24) is 10.9 Å². The molecule has 28 heavy (non-hydrogen) atoms. The summed E-state index contributed by atoms with van der Waals surface area (Å²) in [6.07, 6.45) is 2.87. The Kier molecular flexibility index (Phi) is 8.34. The molecule has 7 nitrogen and oxygen atoms in total. The second kappa shape index (κ2) is 10.7. The molecule has 0 aromatic heterocycles. The van der Waals surface area contributed by atoms with Crippen LogP contribution >= 0.6 is 31.9 Å². The number of methoxy groups -OCH3 is 2. The van der Waals surface area contributed by atoms with Crippen molar-refractivity contribution in [2.24, 2.45) is 0 Å². The minimum Gasteiger partial charge on any atom is -0.493 e. The quantitative estimate of drug-likeness (QED) is 0.437. The van der Waals surface area contributed by atoms with Crippen molar-refractivity contribution in [2.45, 2.75) is 0 Å². The number of carbonyl (C=O) groups is 2. The van der Waals surface area contributed by atoms with Gasteiger partial charge in [-0.25, -0.2) is 0 Å². The number of amides is 2. The lowest BCUT2D eigenvalue weighted by molar-refractivity contribution is -0.128. The number of carbonyl (C=O) groups excluding carboxylic acids is 2. The molecule has 0 bridgehead atoms. The predicted molar refractivity (Wildman–Crippen MR) is 112 cm³/mol. The van der Waals surface area contributed by atoms with Gasteiger partial charge in [0, 0.05) is 10.5 Å². The number of ether oxygens (including phenoxy) is 3. The third-order valence-corrected chi connectivity index (χ3v) is 4.53. The van der Waals surface area contributed by atoms with Crippen LogP contribution in [0.15, 0.2) is 51.4 Å². The lowest BCUT2D eigenvalue weighted by Crippen LogP contribution is -2.43. The van der Waals surface area contributed by atoms with Gasteiger partial charge in [0.05, 0.1) is 18.7 Å². The summed E-state index contributed by atoms with van der Waals surface area (Å²) >= 11 is 6.67. The molecule has 2 amide bonds. The van der Waals surface area contributed by atoms with E-state index in [1.807, 2.05) is 0 Å². The van der Waals surface area contributed by atoms with Gasteiger partial charge < -0.3 is 14.2 Å². The van der Waals surface area contributed by atoms with Crippen LogP contribution in [0.2, 0.25) is 0 Å². The minimum absolute atomic E-state index is 0.250. The first-order chi connectivity index (χ1) is 13.4. The van der Waals surface area contributed by atoms with Crippen LogP contribution in [-0.4, -0.2) is 32.6 Å². The first kappa shape index (κ1) is 21.8. The van der Waals surface area contributed by atoms with Crippen molar-refractivity contribution in [3.8, 4) is 17.2 Å². The van der Waals surface area contributed by atoms with Gasteiger partial charge in [0.2, 0.25) is 0 Å². The molecule has 2 N–H and O–H groups in total. The summed E-state index contributed by atoms with van der Waals surface area (Å²) in [7, 11) is 3.07. The Bertz CT molecular complexity index is 887. The molecular formula is C19H18Br2N2O5. The number of hydrogen-bond acceptors (Lipinski definition) is 5. The van der Waals surface area contributed by atoms with E-state index in [0.717, 1.165) is 10.0 Å². The molecule has 9 heteroatoms. The summed E-state index contributed by atoms with van der Waals surface area (Å²) in [5, 5.41) is 0. The van der Waals surface area contributed by atoms with Gasteiger partial charge in [0.15, 0.2) is 18.1 Å². The first-order valence-corrected chi connectivity index (χ1v) is 9.58. The van der Waals surface area contributed by atoms with Gasteiger partial charge >= 0.3 is 0 Å². The molecule has 0 fully saturated rings. The lowest BCUT2D eigenvalue weighted by atomic mass is 10.2. The van der Waals surface area contributed by atoms with Crippen LogP contribution in [0.3, 0.4) is 0 Å². The number of nitrogens with one attached hydrogen (secondary N) is 2. The molecule has 0 radical (unpaired) electrons. The maximum atomic E-state index is 11.8. The van der Waals surface area contributed by atoms with Crippen LogP contribution in [0.4, 0.5) is 0 Å². The van der Waals surface area contributed by atoms with Crippen molar-refractivity contribution in [2.75, 3.05) is 20.8 Å². The fraction of sp³-hybridized carbons (Fsp3) is 0.158. The lowest BCUT2D eigenvalue weighted by Gasteiger charge is -2.09. The molecule has 2 aromatic rings. The number of rotatable bonds is 7. The highest BCUT2D eigenvalue weighted by Crippen LogP contribution is 2.28. The van der Waals surface area contributed by atoms with Crippen LogP contribution in [0, 0.1) is 0 Å². The molecule has 0 atom stereocenters. The van der Waals surface area contributed by atoms with Crippen molar-refractivity contribution in [1.29, 1.82) is 0 Å². The van der Waals surface area contributed by atoms with E-state index in [-0.39, 0.29) is 6.61 Å². The Hall–Kier alpha value is -2.52. The molecule has 2 aromatic carbocycles. The van der Waals surface area contributed by atoms with Gasteiger partial charge in [0.25, 0.3) is 11.8 Å². The second-order valence-electron chi connectivity index (χ2n) is 5.35. The summed E-state index contributed by atoms with van der Waals surface area (Å²) in [6.45, 7) is -0.250. The summed E-state index contributed by atoms with van der Waals surface area (Å²) in [4.78, 5) is 23.6. The zero-order valence-electron chi connectivity index (χ0n) is 15.1. The van der Waals surface area contributed by atoms with Crippen LogP contribution in [0.5, 0.6) is 17.2 Å². The average molecular weight is 514 g/mol. The molecule has 0 unspecified atom stereocenters. The largest absolute Gasteiger partial charge is 0.493 e. The fourth-order valence-electron chi connectivity index (χ4n) is 2.07. The summed E-state index contributed by atoms with van der Waals surface area (Å²) < 4.78 is 17.3. The Morgan fingerprint density at radius 3 is 2.36 bits per heavy atom. The van der Waals surface area contributed by atoms with Gasteiger partial charge in [-0.3, -0.25) is 20.4 Å². The molecule has 0 aliphatic rings. The maximum absolute atomic E-state index is 11.8. The highest BCUT2D eigenvalue weighted by atomic mass is 79.9. The molecule has 0 aliphatic heterocycles. The van der Waals surface area contributed by atoms with Crippen molar-refractivity contribution < 1.29 is 23.8 Å². The summed E-state index contributed by atoms with van der Waals surface area (Å²) in [5.41, 5.74) is 5.30. The van der Waals surface area contributed by atoms with E-state index in [9.17, 15) is 9.59 Å².